The lowest BCUT2D eigenvalue weighted by molar-refractivity contribution is 0.0689. The van der Waals surface area contributed by atoms with Gasteiger partial charge in [0.1, 0.15) is 5.76 Å². The second-order valence-corrected chi connectivity index (χ2v) is 4.38. The number of rotatable bonds is 3. The highest BCUT2D eigenvalue weighted by Crippen LogP contribution is 2.22. The number of anilines is 1. The zero-order valence-corrected chi connectivity index (χ0v) is 10.4. The summed E-state index contributed by atoms with van der Waals surface area (Å²) in [5, 5.41) is 8.93. The summed E-state index contributed by atoms with van der Waals surface area (Å²) in [6.07, 6.45) is 0.654. The van der Waals surface area contributed by atoms with E-state index in [0.717, 1.165) is 6.42 Å². The van der Waals surface area contributed by atoms with Crippen molar-refractivity contribution >= 4 is 12.0 Å². The molecule has 0 saturated carbocycles. The molecule has 0 amide bonds. The van der Waals surface area contributed by atoms with Crippen molar-refractivity contribution in [2.75, 3.05) is 25.1 Å². The number of carboxylic acids is 1. The van der Waals surface area contributed by atoms with Gasteiger partial charge < -0.3 is 24.9 Å². The minimum atomic E-state index is -1.08. The molecular weight excluding hydrogens is 238 g/mol. The fourth-order valence-electron chi connectivity index (χ4n) is 2.07. The average molecular weight is 255 g/mol. The maximum absolute atomic E-state index is 10.9. The molecule has 2 atom stereocenters. The summed E-state index contributed by atoms with van der Waals surface area (Å²) in [4.78, 5) is 16.8. The van der Waals surface area contributed by atoms with Gasteiger partial charge in [0.15, 0.2) is 5.69 Å². The van der Waals surface area contributed by atoms with Gasteiger partial charge in [-0.25, -0.2) is 4.79 Å². The summed E-state index contributed by atoms with van der Waals surface area (Å²) < 4.78 is 10.7. The molecule has 7 heteroatoms. The van der Waals surface area contributed by atoms with E-state index in [1.165, 1.54) is 0 Å². The van der Waals surface area contributed by atoms with Gasteiger partial charge in [0.2, 0.25) is 0 Å². The second kappa shape index (κ2) is 4.95. The molecule has 1 fully saturated rings. The van der Waals surface area contributed by atoms with Crippen molar-refractivity contribution in [1.29, 1.82) is 0 Å². The Morgan fingerprint density at radius 2 is 2.39 bits per heavy atom. The molecule has 1 aromatic heterocycles. The molecule has 0 aromatic carbocycles. The van der Waals surface area contributed by atoms with E-state index in [0.29, 0.717) is 24.9 Å². The summed E-state index contributed by atoms with van der Waals surface area (Å²) in [7, 11) is 1.61. The van der Waals surface area contributed by atoms with Crippen LogP contribution in [0, 0.1) is 6.92 Å². The smallest absolute Gasteiger partial charge is 0.358 e. The Labute approximate surface area is 105 Å². The second-order valence-electron chi connectivity index (χ2n) is 4.38. The summed E-state index contributed by atoms with van der Waals surface area (Å²) in [5.74, 6) is -0.777. The summed E-state index contributed by atoms with van der Waals surface area (Å²) in [6, 6.07) is 0.306. The fraction of sp³-hybridized carbons (Fsp3) is 0.636. The Kier molecular flexibility index (Phi) is 3.53. The van der Waals surface area contributed by atoms with Gasteiger partial charge in [-0.05, 0) is 13.3 Å². The van der Waals surface area contributed by atoms with E-state index in [4.69, 9.17) is 20.0 Å². The van der Waals surface area contributed by atoms with E-state index in [9.17, 15) is 4.79 Å². The van der Waals surface area contributed by atoms with Crippen LogP contribution in [0.3, 0.4) is 0 Å². The van der Waals surface area contributed by atoms with Crippen LogP contribution in [0.5, 0.6) is 0 Å². The third-order valence-corrected chi connectivity index (χ3v) is 3.17. The van der Waals surface area contributed by atoms with E-state index < -0.39 is 5.97 Å². The van der Waals surface area contributed by atoms with E-state index >= 15 is 0 Å². The van der Waals surface area contributed by atoms with Gasteiger partial charge in [-0.3, -0.25) is 0 Å². The number of piperidine rings is 1. The number of hydrogen-bond donors (Lipinski definition) is 2. The Morgan fingerprint density at radius 1 is 1.67 bits per heavy atom. The lowest BCUT2D eigenvalue weighted by atomic mass is 10.0. The lowest BCUT2D eigenvalue weighted by Crippen LogP contribution is -2.51. The van der Waals surface area contributed by atoms with Crippen LogP contribution in [0.4, 0.5) is 6.01 Å². The fourth-order valence-corrected chi connectivity index (χ4v) is 2.07. The highest BCUT2D eigenvalue weighted by Gasteiger charge is 2.30. The molecule has 18 heavy (non-hydrogen) atoms. The molecule has 2 heterocycles. The standard InChI is InChI=1S/C11H17N3O4/c1-6-9(10(15)16)13-11(18-6)14-4-3-7(12)8(5-14)17-2/h7-8H,3-5,12H2,1-2H3,(H,15,16)/t7-,8+/m0/s1. The van der Waals surface area contributed by atoms with E-state index in [-0.39, 0.29) is 17.8 Å². The Morgan fingerprint density at radius 3 is 2.94 bits per heavy atom. The van der Waals surface area contributed by atoms with Crippen molar-refractivity contribution in [3.05, 3.63) is 11.5 Å². The van der Waals surface area contributed by atoms with Gasteiger partial charge in [0.05, 0.1) is 12.6 Å². The third-order valence-electron chi connectivity index (χ3n) is 3.17. The van der Waals surface area contributed by atoms with E-state index in [1.54, 1.807) is 14.0 Å². The van der Waals surface area contributed by atoms with Gasteiger partial charge in [-0.2, -0.15) is 4.98 Å². The number of aromatic carboxylic acids is 1. The topological polar surface area (TPSA) is 102 Å². The van der Waals surface area contributed by atoms with Crippen molar-refractivity contribution in [2.45, 2.75) is 25.5 Å². The number of aryl methyl sites for hydroxylation is 1. The molecule has 3 N–H and O–H groups in total. The van der Waals surface area contributed by atoms with Gasteiger partial charge in [0, 0.05) is 19.7 Å². The number of aromatic nitrogens is 1. The first-order valence-corrected chi connectivity index (χ1v) is 5.77. The number of nitrogens with two attached hydrogens (primary N) is 1. The molecular formula is C11H17N3O4. The monoisotopic (exact) mass is 255 g/mol. The Bertz CT molecular complexity index is 445. The minimum Gasteiger partial charge on any atom is -0.476 e. The molecule has 7 nitrogen and oxygen atoms in total. The molecule has 1 aromatic rings. The van der Waals surface area contributed by atoms with Gasteiger partial charge >= 0.3 is 5.97 Å². The van der Waals surface area contributed by atoms with Crippen molar-refractivity contribution < 1.29 is 19.1 Å². The van der Waals surface area contributed by atoms with Gasteiger partial charge in [-0.15, -0.1) is 0 Å². The SMILES string of the molecule is CO[C@@H]1CN(c2nc(C(=O)O)c(C)o2)CC[C@@H]1N. The highest BCUT2D eigenvalue weighted by molar-refractivity contribution is 5.86. The maximum Gasteiger partial charge on any atom is 0.358 e. The molecule has 0 bridgehead atoms. The Hall–Kier alpha value is -1.60. The molecule has 100 valence electrons. The first kappa shape index (κ1) is 12.8. The molecule has 0 radical (unpaired) electrons. The van der Waals surface area contributed by atoms with Crippen LogP contribution in [-0.2, 0) is 4.74 Å². The van der Waals surface area contributed by atoms with Gasteiger partial charge in [-0.1, -0.05) is 0 Å². The van der Waals surface area contributed by atoms with Crippen LogP contribution in [0.25, 0.3) is 0 Å². The van der Waals surface area contributed by atoms with Crippen LogP contribution >= 0.6 is 0 Å². The van der Waals surface area contributed by atoms with Crippen LogP contribution in [0.1, 0.15) is 22.7 Å². The largest absolute Gasteiger partial charge is 0.476 e. The normalized spacial score (nSPS) is 24.3. The number of nitrogens with zero attached hydrogens (tertiary/aromatic N) is 2. The summed E-state index contributed by atoms with van der Waals surface area (Å²) in [5.41, 5.74) is 5.87. The van der Waals surface area contributed by atoms with Crippen LogP contribution < -0.4 is 10.6 Å². The number of ether oxygens (including phenoxy) is 1. The summed E-state index contributed by atoms with van der Waals surface area (Å²) in [6.45, 7) is 2.82. The predicted octanol–water partition coefficient (Wildman–Crippen LogP) is 0.234. The zero-order chi connectivity index (χ0) is 13.3. The third kappa shape index (κ3) is 2.32. The maximum atomic E-state index is 10.9. The van der Waals surface area contributed by atoms with Crippen LogP contribution in [0.15, 0.2) is 4.42 Å². The average Bonchev–Trinajstić information content (AvgIpc) is 2.72. The van der Waals surface area contributed by atoms with Crippen molar-refractivity contribution in [2.24, 2.45) is 5.73 Å². The van der Waals surface area contributed by atoms with Crippen LogP contribution in [-0.4, -0.2) is 48.4 Å². The van der Waals surface area contributed by atoms with E-state index in [2.05, 4.69) is 4.98 Å². The molecule has 1 saturated heterocycles. The molecule has 0 spiro atoms. The number of oxazole rings is 1. The van der Waals surface area contributed by atoms with Gasteiger partial charge in [0.25, 0.3) is 6.01 Å². The first-order valence-electron chi connectivity index (χ1n) is 5.77. The van der Waals surface area contributed by atoms with Crippen LogP contribution in [0.2, 0.25) is 0 Å². The quantitative estimate of drug-likeness (QED) is 0.797. The Balaban J connectivity index is 2.17. The predicted molar refractivity (Wildman–Crippen MR) is 63.8 cm³/mol. The summed E-state index contributed by atoms with van der Waals surface area (Å²) >= 11 is 0. The molecule has 0 aliphatic carbocycles. The van der Waals surface area contributed by atoms with E-state index in [1.807, 2.05) is 4.90 Å². The molecule has 1 aliphatic heterocycles. The first-order chi connectivity index (χ1) is 8.52. The zero-order valence-electron chi connectivity index (χ0n) is 10.4. The number of carboxylic acid groups (broad SMARTS) is 1. The van der Waals surface area contributed by atoms with Crippen molar-refractivity contribution in [3.63, 3.8) is 0 Å². The molecule has 1 aliphatic rings. The molecule has 2 rings (SSSR count). The highest BCUT2D eigenvalue weighted by atomic mass is 16.5. The lowest BCUT2D eigenvalue weighted by Gasteiger charge is -2.34. The van der Waals surface area contributed by atoms with Crippen molar-refractivity contribution in [3.8, 4) is 0 Å². The molecule has 0 unspecified atom stereocenters. The number of methoxy groups -OCH3 is 1. The number of hydrogen-bond acceptors (Lipinski definition) is 6. The minimum absolute atomic E-state index is 0.0127. The number of carbonyl (C=O) groups is 1. The van der Waals surface area contributed by atoms with Crippen molar-refractivity contribution in [1.82, 2.24) is 4.98 Å².